The average Bonchev–Trinajstić information content (AvgIpc) is 2.99. The minimum Gasteiger partial charge on any atom is -0.223 e. The van der Waals surface area contributed by atoms with Gasteiger partial charge in [0.2, 0.25) is 0 Å². The second kappa shape index (κ2) is 4.35. The predicted molar refractivity (Wildman–Crippen MR) is 72.1 cm³/mol. The number of sulfone groups is 1. The van der Waals surface area contributed by atoms with Crippen LogP contribution < -0.4 is 0 Å². The minimum absolute atomic E-state index is 0.181. The molecule has 0 saturated heterocycles. The second-order valence-electron chi connectivity index (χ2n) is 5.81. The maximum Gasteiger partial charge on any atom is 0.182 e. The Hall–Kier alpha value is -1.34. The van der Waals surface area contributed by atoms with Crippen LogP contribution in [-0.2, 0) is 9.84 Å². The zero-order valence-corrected chi connectivity index (χ0v) is 11.7. The smallest absolute Gasteiger partial charge is 0.182 e. The molecule has 2 bridgehead atoms. The van der Waals surface area contributed by atoms with E-state index < -0.39 is 15.1 Å². The van der Waals surface area contributed by atoms with Crippen molar-refractivity contribution in [2.24, 2.45) is 17.8 Å². The highest BCUT2D eigenvalue weighted by Crippen LogP contribution is 2.52. The molecule has 2 fully saturated rings. The summed E-state index contributed by atoms with van der Waals surface area (Å²) in [7, 11) is -3.37. The van der Waals surface area contributed by atoms with E-state index in [1.165, 1.54) is 0 Å². The molecule has 3 rings (SSSR count). The highest BCUT2D eigenvalue weighted by Gasteiger charge is 2.53. The van der Waals surface area contributed by atoms with Crippen molar-refractivity contribution in [3.8, 4) is 6.07 Å². The second-order valence-corrected chi connectivity index (χ2v) is 7.92. The number of hydrogen-bond acceptors (Lipinski definition) is 3. The summed E-state index contributed by atoms with van der Waals surface area (Å²) >= 11 is 0. The van der Waals surface area contributed by atoms with E-state index in [1.54, 1.807) is 12.1 Å². The normalized spacial score (nSPS) is 33.3. The van der Waals surface area contributed by atoms with Gasteiger partial charge in [-0.15, -0.1) is 0 Å². The first-order valence-electron chi connectivity index (χ1n) is 6.74. The number of fused-ring (bicyclic) bond motifs is 2. The van der Waals surface area contributed by atoms with Crippen LogP contribution >= 0.6 is 0 Å². The Balaban J connectivity index is 2.01. The van der Waals surface area contributed by atoms with E-state index in [-0.39, 0.29) is 11.8 Å². The van der Waals surface area contributed by atoms with Crippen molar-refractivity contribution in [1.82, 2.24) is 0 Å². The van der Waals surface area contributed by atoms with Gasteiger partial charge in [-0.3, -0.25) is 0 Å². The van der Waals surface area contributed by atoms with Crippen LogP contribution in [0.2, 0.25) is 0 Å². The lowest BCUT2D eigenvalue weighted by Crippen LogP contribution is -2.34. The first-order valence-corrected chi connectivity index (χ1v) is 8.29. The molecule has 100 valence electrons. The van der Waals surface area contributed by atoms with Gasteiger partial charge in [-0.1, -0.05) is 17.7 Å². The van der Waals surface area contributed by atoms with Crippen LogP contribution in [0.15, 0.2) is 29.2 Å². The van der Waals surface area contributed by atoms with Crippen LogP contribution in [0, 0.1) is 36.0 Å². The molecule has 4 unspecified atom stereocenters. The van der Waals surface area contributed by atoms with Crippen LogP contribution in [0.3, 0.4) is 0 Å². The maximum absolute atomic E-state index is 12.8. The molecule has 0 aliphatic heterocycles. The van der Waals surface area contributed by atoms with Gasteiger partial charge in [0.15, 0.2) is 9.84 Å². The Morgan fingerprint density at radius 2 is 1.79 bits per heavy atom. The Kier molecular flexibility index (Phi) is 2.90. The van der Waals surface area contributed by atoms with Crippen molar-refractivity contribution in [2.75, 3.05) is 0 Å². The lowest BCUT2D eigenvalue weighted by Gasteiger charge is -2.26. The summed E-state index contributed by atoms with van der Waals surface area (Å²) in [4.78, 5) is 0.371. The molecule has 4 atom stereocenters. The molecular formula is C15H17NO2S. The highest BCUT2D eigenvalue weighted by atomic mass is 32.2. The largest absolute Gasteiger partial charge is 0.223 e. The zero-order valence-electron chi connectivity index (χ0n) is 10.9. The predicted octanol–water partition coefficient (Wildman–Crippen LogP) is 2.71. The van der Waals surface area contributed by atoms with Gasteiger partial charge in [-0.25, -0.2) is 8.42 Å². The molecule has 1 aromatic carbocycles. The lowest BCUT2D eigenvalue weighted by atomic mass is 9.90. The third-order valence-electron chi connectivity index (χ3n) is 4.70. The summed E-state index contributed by atoms with van der Waals surface area (Å²) in [6.07, 6.45) is 2.88. The van der Waals surface area contributed by atoms with Gasteiger partial charge in [-0.05, 0) is 50.2 Å². The summed E-state index contributed by atoms with van der Waals surface area (Å²) in [5.41, 5.74) is 1.05. The van der Waals surface area contributed by atoms with E-state index in [9.17, 15) is 13.7 Å². The first-order chi connectivity index (χ1) is 9.04. The van der Waals surface area contributed by atoms with E-state index in [0.717, 1.165) is 24.8 Å². The van der Waals surface area contributed by atoms with E-state index >= 15 is 0 Å². The van der Waals surface area contributed by atoms with Crippen molar-refractivity contribution in [1.29, 1.82) is 5.26 Å². The Bertz CT molecular complexity index is 627. The van der Waals surface area contributed by atoms with Gasteiger partial charge in [0, 0.05) is 0 Å². The highest BCUT2D eigenvalue weighted by molar-refractivity contribution is 7.92. The summed E-state index contributed by atoms with van der Waals surface area (Å²) in [5.74, 6) is 0.159. The van der Waals surface area contributed by atoms with Crippen molar-refractivity contribution >= 4 is 9.84 Å². The number of aryl methyl sites for hydroxylation is 1. The average molecular weight is 275 g/mol. The summed E-state index contributed by atoms with van der Waals surface area (Å²) in [6.45, 7) is 1.94. The Labute approximate surface area is 114 Å². The molecular weight excluding hydrogens is 258 g/mol. The van der Waals surface area contributed by atoms with Gasteiger partial charge in [0.25, 0.3) is 0 Å². The van der Waals surface area contributed by atoms with Crippen molar-refractivity contribution in [3.63, 3.8) is 0 Å². The standard InChI is InChI=1S/C15H17NO2S/c1-10-2-6-13(7-3-10)19(17,18)15-12-5-4-11(8-12)14(15)9-16/h2-3,6-7,11-12,14-15H,4-5,8H2,1H3. The van der Waals surface area contributed by atoms with E-state index in [2.05, 4.69) is 6.07 Å². The van der Waals surface area contributed by atoms with Gasteiger partial charge in [0.05, 0.1) is 22.1 Å². The fourth-order valence-electron chi connectivity index (χ4n) is 3.75. The SMILES string of the molecule is Cc1ccc(S(=O)(=O)C2C3CCC(C3)C2C#N)cc1. The number of benzene rings is 1. The van der Waals surface area contributed by atoms with Crippen LogP contribution in [-0.4, -0.2) is 13.7 Å². The summed E-state index contributed by atoms with van der Waals surface area (Å²) in [6, 6.07) is 9.24. The fraction of sp³-hybridized carbons (Fsp3) is 0.533. The number of rotatable bonds is 2. The quantitative estimate of drug-likeness (QED) is 0.833. The number of hydrogen-bond donors (Lipinski definition) is 0. The first kappa shape index (κ1) is 12.7. The Morgan fingerprint density at radius 1 is 1.16 bits per heavy atom. The van der Waals surface area contributed by atoms with E-state index in [1.807, 2.05) is 19.1 Å². The zero-order chi connectivity index (χ0) is 13.6. The molecule has 0 heterocycles. The van der Waals surface area contributed by atoms with Gasteiger partial charge >= 0.3 is 0 Å². The van der Waals surface area contributed by atoms with Crippen molar-refractivity contribution in [3.05, 3.63) is 29.8 Å². The van der Waals surface area contributed by atoms with Crippen LogP contribution in [0.4, 0.5) is 0 Å². The van der Waals surface area contributed by atoms with E-state index in [4.69, 9.17) is 0 Å². The third kappa shape index (κ3) is 1.88. The molecule has 1 aromatic rings. The molecule has 0 aromatic heterocycles. The topological polar surface area (TPSA) is 57.9 Å². The molecule has 0 spiro atoms. The van der Waals surface area contributed by atoms with Crippen LogP contribution in [0.25, 0.3) is 0 Å². The van der Waals surface area contributed by atoms with Crippen LogP contribution in [0.5, 0.6) is 0 Å². The van der Waals surface area contributed by atoms with Gasteiger partial charge in [-0.2, -0.15) is 5.26 Å². The molecule has 0 amide bonds. The van der Waals surface area contributed by atoms with Crippen LogP contribution in [0.1, 0.15) is 24.8 Å². The maximum atomic E-state index is 12.8. The van der Waals surface area contributed by atoms with Crippen molar-refractivity contribution in [2.45, 2.75) is 36.3 Å². The molecule has 3 nitrogen and oxygen atoms in total. The number of nitriles is 1. The molecule has 2 aliphatic rings. The monoisotopic (exact) mass is 275 g/mol. The lowest BCUT2D eigenvalue weighted by molar-refractivity contribution is 0.397. The molecule has 0 N–H and O–H groups in total. The third-order valence-corrected chi connectivity index (χ3v) is 7.02. The Morgan fingerprint density at radius 3 is 2.42 bits per heavy atom. The molecule has 2 aliphatic carbocycles. The van der Waals surface area contributed by atoms with E-state index in [0.29, 0.717) is 10.8 Å². The van der Waals surface area contributed by atoms with Gasteiger partial charge < -0.3 is 0 Å². The summed E-state index contributed by atoms with van der Waals surface area (Å²) < 4.78 is 25.5. The fourth-order valence-corrected chi connectivity index (χ4v) is 6.00. The summed E-state index contributed by atoms with van der Waals surface area (Å²) in [5, 5.41) is 8.81. The molecule has 19 heavy (non-hydrogen) atoms. The minimum atomic E-state index is -3.37. The van der Waals surface area contributed by atoms with Crippen molar-refractivity contribution < 1.29 is 8.42 Å². The molecule has 0 radical (unpaired) electrons. The number of nitrogens with zero attached hydrogens (tertiary/aromatic N) is 1. The molecule has 2 saturated carbocycles. The van der Waals surface area contributed by atoms with Gasteiger partial charge in [0.1, 0.15) is 0 Å². The molecule has 4 heteroatoms.